The Bertz CT molecular complexity index is 459. The highest BCUT2D eigenvalue weighted by Gasteiger charge is 2.12. The van der Waals surface area contributed by atoms with Gasteiger partial charge in [-0.25, -0.2) is 0 Å². The normalized spacial score (nSPS) is 12.5. The van der Waals surface area contributed by atoms with E-state index in [1.54, 1.807) is 11.3 Å². The summed E-state index contributed by atoms with van der Waals surface area (Å²) < 4.78 is 0. The average Bonchev–Trinajstić information content (AvgIpc) is 2.92. The molecule has 2 rings (SSSR count). The van der Waals surface area contributed by atoms with Gasteiger partial charge in [-0.05, 0) is 54.3 Å². The summed E-state index contributed by atoms with van der Waals surface area (Å²) in [5.41, 5.74) is 4.23. The van der Waals surface area contributed by atoms with Gasteiger partial charge in [0, 0.05) is 12.5 Å². The maximum atomic E-state index is 3.56. The molecule has 0 aliphatic carbocycles. The van der Waals surface area contributed by atoms with Crippen LogP contribution < -0.4 is 5.32 Å². The van der Waals surface area contributed by atoms with Crippen LogP contribution in [0.1, 0.15) is 36.0 Å². The SMILES string of the molecule is CCCNCC(Cc1ccsc1)c1ccc(C)cc1. The van der Waals surface area contributed by atoms with Crippen LogP contribution in [-0.4, -0.2) is 13.1 Å². The van der Waals surface area contributed by atoms with E-state index in [-0.39, 0.29) is 0 Å². The molecule has 1 aromatic heterocycles. The predicted octanol–water partition coefficient (Wildman–Crippen LogP) is 4.38. The molecule has 0 aliphatic heterocycles. The van der Waals surface area contributed by atoms with Gasteiger partial charge in [0.15, 0.2) is 0 Å². The summed E-state index contributed by atoms with van der Waals surface area (Å²) in [5, 5.41) is 8.00. The number of aryl methyl sites for hydroxylation is 1. The van der Waals surface area contributed by atoms with Crippen LogP contribution in [0.2, 0.25) is 0 Å². The third-order valence-corrected chi connectivity index (χ3v) is 4.16. The van der Waals surface area contributed by atoms with Gasteiger partial charge in [0.1, 0.15) is 0 Å². The van der Waals surface area contributed by atoms with Gasteiger partial charge in [-0.15, -0.1) is 0 Å². The van der Waals surface area contributed by atoms with Crippen LogP contribution in [0.15, 0.2) is 41.1 Å². The van der Waals surface area contributed by atoms with Gasteiger partial charge in [-0.2, -0.15) is 11.3 Å². The molecule has 1 unspecified atom stereocenters. The van der Waals surface area contributed by atoms with Crippen LogP contribution >= 0.6 is 11.3 Å². The van der Waals surface area contributed by atoms with Crippen molar-refractivity contribution in [3.63, 3.8) is 0 Å². The van der Waals surface area contributed by atoms with Gasteiger partial charge in [0.05, 0.1) is 0 Å². The van der Waals surface area contributed by atoms with E-state index in [0.717, 1.165) is 19.5 Å². The second-order valence-corrected chi connectivity index (χ2v) is 5.93. The summed E-state index contributed by atoms with van der Waals surface area (Å²) >= 11 is 1.79. The van der Waals surface area contributed by atoms with Crippen LogP contribution in [-0.2, 0) is 6.42 Å². The third-order valence-electron chi connectivity index (χ3n) is 3.43. The van der Waals surface area contributed by atoms with Gasteiger partial charge in [-0.3, -0.25) is 0 Å². The first-order chi connectivity index (χ1) is 9.29. The largest absolute Gasteiger partial charge is 0.316 e. The molecule has 0 fully saturated rings. The van der Waals surface area contributed by atoms with E-state index in [4.69, 9.17) is 0 Å². The molecule has 1 heterocycles. The number of nitrogens with one attached hydrogen (secondary N) is 1. The molecule has 0 radical (unpaired) electrons. The lowest BCUT2D eigenvalue weighted by molar-refractivity contribution is 0.577. The van der Waals surface area contributed by atoms with Gasteiger partial charge in [-0.1, -0.05) is 36.8 Å². The minimum absolute atomic E-state index is 0.571. The summed E-state index contributed by atoms with van der Waals surface area (Å²) in [5.74, 6) is 0.571. The molecule has 1 N–H and O–H groups in total. The molecule has 19 heavy (non-hydrogen) atoms. The highest BCUT2D eigenvalue weighted by molar-refractivity contribution is 7.07. The monoisotopic (exact) mass is 273 g/mol. The zero-order valence-corrected chi connectivity index (χ0v) is 12.7. The van der Waals surface area contributed by atoms with Crippen molar-refractivity contribution in [3.05, 3.63) is 57.8 Å². The second kappa shape index (κ2) is 7.46. The Morgan fingerprint density at radius 3 is 2.58 bits per heavy atom. The lowest BCUT2D eigenvalue weighted by atomic mass is 9.92. The van der Waals surface area contributed by atoms with E-state index in [1.165, 1.54) is 23.1 Å². The maximum Gasteiger partial charge on any atom is 0.00233 e. The van der Waals surface area contributed by atoms with Gasteiger partial charge >= 0.3 is 0 Å². The van der Waals surface area contributed by atoms with Crippen molar-refractivity contribution < 1.29 is 0 Å². The molecule has 0 bridgehead atoms. The summed E-state index contributed by atoms with van der Waals surface area (Å²) in [7, 11) is 0. The molecule has 0 amide bonds. The van der Waals surface area contributed by atoms with Crippen LogP contribution in [0.5, 0.6) is 0 Å². The van der Waals surface area contributed by atoms with Gasteiger partial charge < -0.3 is 5.32 Å². The summed E-state index contributed by atoms with van der Waals surface area (Å²) in [4.78, 5) is 0. The van der Waals surface area contributed by atoms with Gasteiger partial charge in [0.2, 0.25) is 0 Å². The van der Waals surface area contributed by atoms with E-state index in [9.17, 15) is 0 Å². The standard InChI is InChI=1S/C17H23NS/c1-3-9-18-12-17(11-15-8-10-19-13-15)16-6-4-14(2)5-7-16/h4-8,10,13,17-18H,3,9,11-12H2,1-2H3. The Morgan fingerprint density at radius 1 is 1.16 bits per heavy atom. The highest BCUT2D eigenvalue weighted by atomic mass is 32.1. The Morgan fingerprint density at radius 2 is 1.95 bits per heavy atom. The zero-order chi connectivity index (χ0) is 13.5. The first-order valence-electron chi connectivity index (χ1n) is 7.08. The topological polar surface area (TPSA) is 12.0 Å². The van der Waals surface area contributed by atoms with Crippen molar-refractivity contribution >= 4 is 11.3 Å². The molecule has 1 atom stereocenters. The molecule has 1 nitrogen and oxygen atoms in total. The molecule has 102 valence electrons. The van der Waals surface area contributed by atoms with Crippen molar-refractivity contribution in [1.82, 2.24) is 5.32 Å². The molecule has 0 saturated heterocycles. The van der Waals surface area contributed by atoms with Crippen LogP contribution in [0.4, 0.5) is 0 Å². The minimum Gasteiger partial charge on any atom is -0.316 e. The van der Waals surface area contributed by atoms with E-state index in [1.807, 2.05) is 0 Å². The quantitative estimate of drug-likeness (QED) is 0.738. The lowest BCUT2D eigenvalue weighted by Gasteiger charge is -2.18. The van der Waals surface area contributed by atoms with E-state index in [2.05, 4.69) is 60.3 Å². The Kier molecular flexibility index (Phi) is 5.62. The maximum absolute atomic E-state index is 3.56. The van der Waals surface area contributed by atoms with Crippen LogP contribution in [0, 0.1) is 6.92 Å². The van der Waals surface area contributed by atoms with Crippen molar-refractivity contribution in [2.24, 2.45) is 0 Å². The number of hydrogen-bond acceptors (Lipinski definition) is 2. The van der Waals surface area contributed by atoms with Crippen molar-refractivity contribution in [1.29, 1.82) is 0 Å². The predicted molar refractivity (Wildman–Crippen MR) is 85.1 cm³/mol. The van der Waals surface area contributed by atoms with Crippen molar-refractivity contribution in [2.45, 2.75) is 32.6 Å². The average molecular weight is 273 g/mol. The molecule has 1 aromatic carbocycles. The van der Waals surface area contributed by atoms with Crippen molar-refractivity contribution in [3.8, 4) is 0 Å². The second-order valence-electron chi connectivity index (χ2n) is 5.15. The molecule has 2 aromatic rings. The number of hydrogen-bond donors (Lipinski definition) is 1. The van der Waals surface area contributed by atoms with Crippen LogP contribution in [0.3, 0.4) is 0 Å². The smallest absolute Gasteiger partial charge is 0.00233 e. The summed E-state index contributed by atoms with van der Waals surface area (Å²) in [6.07, 6.45) is 2.32. The molecule has 0 spiro atoms. The molecule has 0 saturated carbocycles. The Hall–Kier alpha value is -1.12. The van der Waals surface area contributed by atoms with Crippen LogP contribution in [0.25, 0.3) is 0 Å². The molecule has 0 aliphatic rings. The summed E-state index contributed by atoms with van der Waals surface area (Å²) in [6, 6.07) is 11.2. The van der Waals surface area contributed by atoms with E-state index < -0.39 is 0 Å². The molecule has 2 heteroatoms. The Balaban J connectivity index is 2.06. The number of benzene rings is 1. The summed E-state index contributed by atoms with van der Waals surface area (Å²) in [6.45, 7) is 6.53. The number of rotatable bonds is 7. The third kappa shape index (κ3) is 4.48. The van der Waals surface area contributed by atoms with Gasteiger partial charge in [0.25, 0.3) is 0 Å². The fourth-order valence-corrected chi connectivity index (χ4v) is 2.97. The fourth-order valence-electron chi connectivity index (χ4n) is 2.29. The lowest BCUT2D eigenvalue weighted by Crippen LogP contribution is -2.23. The molecular formula is C17H23NS. The van der Waals surface area contributed by atoms with E-state index >= 15 is 0 Å². The minimum atomic E-state index is 0.571. The zero-order valence-electron chi connectivity index (χ0n) is 11.9. The highest BCUT2D eigenvalue weighted by Crippen LogP contribution is 2.22. The molecular weight excluding hydrogens is 250 g/mol. The van der Waals surface area contributed by atoms with E-state index in [0.29, 0.717) is 5.92 Å². The fraction of sp³-hybridized carbons (Fsp3) is 0.412. The van der Waals surface area contributed by atoms with Crippen molar-refractivity contribution in [2.75, 3.05) is 13.1 Å². The Labute approximate surface area is 120 Å². The first kappa shape index (κ1) is 14.3. The first-order valence-corrected chi connectivity index (χ1v) is 8.02. The number of thiophene rings is 1.